The largest absolute Gasteiger partial charge is 0.292 e. The molecule has 58 valence electrons. The standard InChI is InChI=1S/C8H11N3/c1-6-7-5-9-4-3-8(7)11(2)10-6/h5H,3-4H2,1-2H3. The van der Waals surface area contributed by atoms with E-state index in [4.69, 9.17) is 0 Å². The molecule has 3 nitrogen and oxygen atoms in total. The lowest BCUT2D eigenvalue weighted by Crippen LogP contribution is -2.06. The fourth-order valence-corrected chi connectivity index (χ4v) is 1.51. The SMILES string of the molecule is Cc1nn(C)c2c1C=NCC2. The van der Waals surface area contributed by atoms with Crippen molar-refractivity contribution in [2.45, 2.75) is 13.3 Å². The van der Waals surface area contributed by atoms with Crippen LogP contribution in [0.25, 0.3) is 0 Å². The van der Waals surface area contributed by atoms with Crippen LogP contribution in [0.1, 0.15) is 17.0 Å². The number of aliphatic imine (C=N–C) groups is 1. The molecule has 0 saturated carbocycles. The molecule has 11 heavy (non-hydrogen) atoms. The predicted molar refractivity (Wildman–Crippen MR) is 44.1 cm³/mol. The third kappa shape index (κ3) is 0.878. The average molecular weight is 149 g/mol. The fraction of sp³-hybridized carbons (Fsp3) is 0.500. The molecule has 0 atom stereocenters. The van der Waals surface area contributed by atoms with Gasteiger partial charge in [0.1, 0.15) is 0 Å². The van der Waals surface area contributed by atoms with Crippen LogP contribution < -0.4 is 0 Å². The first-order chi connectivity index (χ1) is 5.29. The zero-order chi connectivity index (χ0) is 7.84. The highest BCUT2D eigenvalue weighted by atomic mass is 15.3. The van der Waals surface area contributed by atoms with Crippen LogP contribution in [-0.2, 0) is 13.5 Å². The van der Waals surface area contributed by atoms with E-state index >= 15 is 0 Å². The van der Waals surface area contributed by atoms with Crippen molar-refractivity contribution in [3.63, 3.8) is 0 Å². The molecule has 1 aliphatic rings. The second kappa shape index (κ2) is 2.19. The number of nitrogens with zero attached hydrogens (tertiary/aromatic N) is 3. The van der Waals surface area contributed by atoms with Crippen molar-refractivity contribution in [2.24, 2.45) is 12.0 Å². The molecule has 0 aromatic carbocycles. The lowest BCUT2D eigenvalue weighted by Gasteiger charge is -2.05. The summed E-state index contributed by atoms with van der Waals surface area (Å²) in [5, 5.41) is 4.32. The molecule has 2 rings (SSSR count). The van der Waals surface area contributed by atoms with Gasteiger partial charge in [-0.25, -0.2) is 0 Å². The van der Waals surface area contributed by atoms with Crippen molar-refractivity contribution in [2.75, 3.05) is 6.54 Å². The Kier molecular flexibility index (Phi) is 1.31. The van der Waals surface area contributed by atoms with Gasteiger partial charge in [0.25, 0.3) is 0 Å². The quantitative estimate of drug-likeness (QED) is 0.534. The predicted octanol–water partition coefficient (Wildman–Crippen LogP) is 0.704. The summed E-state index contributed by atoms with van der Waals surface area (Å²) in [7, 11) is 1.99. The lowest BCUT2D eigenvalue weighted by atomic mass is 10.1. The Morgan fingerprint density at radius 3 is 3.09 bits per heavy atom. The van der Waals surface area contributed by atoms with Crippen LogP contribution in [0.4, 0.5) is 0 Å². The molecule has 0 bridgehead atoms. The molecule has 2 heterocycles. The minimum atomic E-state index is 0.909. The Bertz CT molecular complexity index is 309. The molecule has 0 amide bonds. The van der Waals surface area contributed by atoms with Crippen molar-refractivity contribution in [3.8, 4) is 0 Å². The van der Waals surface area contributed by atoms with E-state index < -0.39 is 0 Å². The average Bonchev–Trinajstić information content (AvgIpc) is 2.30. The minimum Gasteiger partial charge on any atom is -0.292 e. The molecule has 0 aliphatic carbocycles. The Labute approximate surface area is 65.8 Å². The summed E-state index contributed by atoms with van der Waals surface area (Å²) in [6, 6.07) is 0. The van der Waals surface area contributed by atoms with Gasteiger partial charge in [0.15, 0.2) is 0 Å². The van der Waals surface area contributed by atoms with Gasteiger partial charge in [-0.1, -0.05) is 0 Å². The highest BCUT2D eigenvalue weighted by Gasteiger charge is 2.12. The first kappa shape index (κ1) is 6.58. The van der Waals surface area contributed by atoms with Crippen molar-refractivity contribution in [3.05, 3.63) is 17.0 Å². The van der Waals surface area contributed by atoms with Crippen LogP contribution in [0.3, 0.4) is 0 Å². The van der Waals surface area contributed by atoms with E-state index in [0.717, 1.165) is 18.7 Å². The number of rotatable bonds is 0. The maximum atomic E-state index is 4.32. The zero-order valence-corrected chi connectivity index (χ0v) is 6.83. The highest BCUT2D eigenvalue weighted by molar-refractivity contribution is 5.83. The third-order valence-corrected chi connectivity index (χ3v) is 2.09. The van der Waals surface area contributed by atoms with Gasteiger partial charge in [-0.2, -0.15) is 5.10 Å². The molecule has 0 N–H and O–H groups in total. The molecular weight excluding hydrogens is 138 g/mol. The Hall–Kier alpha value is -1.12. The number of aromatic nitrogens is 2. The van der Waals surface area contributed by atoms with Crippen molar-refractivity contribution >= 4 is 6.21 Å². The first-order valence-corrected chi connectivity index (χ1v) is 3.81. The van der Waals surface area contributed by atoms with E-state index in [9.17, 15) is 0 Å². The zero-order valence-electron chi connectivity index (χ0n) is 6.83. The van der Waals surface area contributed by atoms with E-state index in [1.54, 1.807) is 0 Å². The first-order valence-electron chi connectivity index (χ1n) is 3.81. The smallest absolute Gasteiger partial charge is 0.0684 e. The molecule has 0 saturated heterocycles. The van der Waals surface area contributed by atoms with Gasteiger partial charge in [-0.05, 0) is 6.92 Å². The van der Waals surface area contributed by atoms with Gasteiger partial charge in [-0.3, -0.25) is 9.67 Å². The lowest BCUT2D eigenvalue weighted by molar-refractivity contribution is 0.698. The maximum Gasteiger partial charge on any atom is 0.0684 e. The molecule has 1 aromatic rings. The number of fused-ring (bicyclic) bond motifs is 1. The van der Waals surface area contributed by atoms with Crippen LogP contribution >= 0.6 is 0 Å². The molecular formula is C8H11N3. The minimum absolute atomic E-state index is 0.909. The van der Waals surface area contributed by atoms with Gasteiger partial charge in [0.05, 0.1) is 5.69 Å². The van der Waals surface area contributed by atoms with Crippen molar-refractivity contribution < 1.29 is 0 Å². The van der Waals surface area contributed by atoms with Crippen molar-refractivity contribution in [1.82, 2.24) is 9.78 Å². The normalized spacial score (nSPS) is 15.1. The molecule has 0 unspecified atom stereocenters. The van der Waals surface area contributed by atoms with E-state index in [0.29, 0.717) is 0 Å². The fourth-order valence-electron chi connectivity index (χ4n) is 1.51. The van der Waals surface area contributed by atoms with Crippen LogP contribution in [0, 0.1) is 6.92 Å². The van der Waals surface area contributed by atoms with Crippen molar-refractivity contribution in [1.29, 1.82) is 0 Å². The van der Waals surface area contributed by atoms with Gasteiger partial charge < -0.3 is 0 Å². The summed E-state index contributed by atoms with van der Waals surface area (Å²) < 4.78 is 1.95. The van der Waals surface area contributed by atoms with Crippen LogP contribution in [0.2, 0.25) is 0 Å². The van der Waals surface area contributed by atoms with E-state index in [1.165, 1.54) is 11.3 Å². The maximum absolute atomic E-state index is 4.32. The third-order valence-electron chi connectivity index (χ3n) is 2.09. The van der Waals surface area contributed by atoms with E-state index in [1.807, 2.05) is 24.9 Å². The highest BCUT2D eigenvalue weighted by Crippen LogP contribution is 2.14. The summed E-state index contributed by atoms with van der Waals surface area (Å²) in [5.74, 6) is 0. The molecule has 1 aromatic heterocycles. The van der Waals surface area contributed by atoms with Gasteiger partial charge in [0, 0.05) is 37.5 Å². The summed E-state index contributed by atoms with van der Waals surface area (Å²) in [4.78, 5) is 4.21. The summed E-state index contributed by atoms with van der Waals surface area (Å²) in [6.07, 6.45) is 2.96. The van der Waals surface area contributed by atoms with E-state index in [-0.39, 0.29) is 0 Å². The Morgan fingerprint density at radius 1 is 1.55 bits per heavy atom. The Morgan fingerprint density at radius 2 is 2.36 bits per heavy atom. The second-order valence-corrected chi connectivity index (χ2v) is 2.85. The van der Waals surface area contributed by atoms with Crippen LogP contribution in [0.15, 0.2) is 4.99 Å². The number of hydrogen-bond donors (Lipinski definition) is 0. The van der Waals surface area contributed by atoms with E-state index in [2.05, 4.69) is 10.1 Å². The van der Waals surface area contributed by atoms with Crippen LogP contribution in [0.5, 0.6) is 0 Å². The Balaban J connectivity index is 2.63. The summed E-state index contributed by atoms with van der Waals surface area (Å²) in [6.45, 7) is 2.93. The molecule has 0 fully saturated rings. The van der Waals surface area contributed by atoms with Gasteiger partial charge in [-0.15, -0.1) is 0 Å². The summed E-state index contributed by atoms with van der Waals surface area (Å²) >= 11 is 0. The van der Waals surface area contributed by atoms with Crippen LogP contribution in [-0.4, -0.2) is 22.5 Å². The number of hydrogen-bond acceptors (Lipinski definition) is 2. The second-order valence-electron chi connectivity index (χ2n) is 2.85. The molecule has 0 radical (unpaired) electrons. The summed E-state index contributed by atoms with van der Waals surface area (Å²) in [5.41, 5.74) is 3.63. The van der Waals surface area contributed by atoms with Gasteiger partial charge in [0.2, 0.25) is 0 Å². The monoisotopic (exact) mass is 149 g/mol. The van der Waals surface area contributed by atoms with Gasteiger partial charge >= 0.3 is 0 Å². The molecule has 1 aliphatic heterocycles. The number of aryl methyl sites for hydroxylation is 2. The molecule has 3 heteroatoms. The molecule has 0 spiro atoms. The topological polar surface area (TPSA) is 30.2 Å².